The third-order valence-electron chi connectivity index (χ3n) is 2.75. The molecular formula is C11H22N2O3S. The standard InChI is InChI=1S/C11H22N2O3S/c1-9(2)3-4-13-11(14)8-17(15,16)7-10-5-12-6-10/h9-10,12H,3-8H2,1-2H3,(H,13,14). The summed E-state index contributed by atoms with van der Waals surface area (Å²) in [6, 6.07) is 0. The van der Waals surface area contributed by atoms with Crippen LogP contribution < -0.4 is 10.6 Å². The van der Waals surface area contributed by atoms with Gasteiger partial charge in [-0.3, -0.25) is 4.79 Å². The highest BCUT2D eigenvalue weighted by atomic mass is 32.2. The smallest absolute Gasteiger partial charge is 0.235 e. The molecule has 5 nitrogen and oxygen atoms in total. The molecule has 0 unspecified atom stereocenters. The Morgan fingerprint density at radius 3 is 2.53 bits per heavy atom. The lowest BCUT2D eigenvalue weighted by molar-refractivity contribution is -0.118. The normalized spacial score (nSPS) is 16.9. The van der Waals surface area contributed by atoms with E-state index in [4.69, 9.17) is 0 Å². The van der Waals surface area contributed by atoms with Gasteiger partial charge in [0.25, 0.3) is 0 Å². The van der Waals surface area contributed by atoms with Crippen molar-refractivity contribution in [1.29, 1.82) is 0 Å². The van der Waals surface area contributed by atoms with E-state index in [1.165, 1.54) is 0 Å². The minimum atomic E-state index is -3.24. The van der Waals surface area contributed by atoms with Crippen molar-refractivity contribution < 1.29 is 13.2 Å². The molecule has 1 rings (SSSR count). The highest BCUT2D eigenvalue weighted by Gasteiger charge is 2.25. The molecule has 17 heavy (non-hydrogen) atoms. The van der Waals surface area contributed by atoms with Gasteiger partial charge in [0.15, 0.2) is 9.84 Å². The van der Waals surface area contributed by atoms with E-state index in [1.54, 1.807) is 0 Å². The average Bonchev–Trinajstić information content (AvgIpc) is 2.10. The lowest BCUT2D eigenvalue weighted by Gasteiger charge is -2.26. The van der Waals surface area contributed by atoms with E-state index in [2.05, 4.69) is 24.5 Å². The van der Waals surface area contributed by atoms with Crippen molar-refractivity contribution in [2.45, 2.75) is 20.3 Å². The summed E-state index contributed by atoms with van der Waals surface area (Å²) in [7, 11) is -3.24. The fourth-order valence-corrected chi connectivity index (χ4v) is 3.21. The third-order valence-corrected chi connectivity index (χ3v) is 4.43. The number of rotatable bonds is 7. The zero-order valence-electron chi connectivity index (χ0n) is 10.5. The van der Waals surface area contributed by atoms with Gasteiger partial charge in [-0.25, -0.2) is 8.42 Å². The zero-order valence-corrected chi connectivity index (χ0v) is 11.3. The number of hydrogen-bond donors (Lipinski definition) is 2. The first kappa shape index (κ1) is 14.4. The Hall–Kier alpha value is -0.620. The van der Waals surface area contributed by atoms with Crippen LogP contribution in [0.3, 0.4) is 0 Å². The molecule has 0 bridgehead atoms. The van der Waals surface area contributed by atoms with Gasteiger partial charge in [-0.1, -0.05) is 13.8 Å². The van der Waals surface area contributed by atoms with Crippen LogP contribution in [0.2, 0.25) is 0 Å². The van der Waals surface area contributed by atoms with Crippen molar-refractivity contribution >= 4 is 15.7 Å². The van der Waals surface area contributed by atoms with Crippen molar-refractivity contribution in [3.8, 4) is 0 Å². The van der Waals surface area contributed by atoms with E-state index in [0.29, 0.717) is 12.5 Å². The van der Waals surface area contributed by atoms with Gasteiger partial charge in [0, 0.05) is 19.6 Å². The van der Waals surface area contributed by atoms with Crippen LogP contribution in [0, 0.1) is 11.8 Å². The maximum atomic E-state index is 11.7. The minimum absolute atomic E-state index is 0.123. The van der Waals surface area contributed by atoms with E-state index in [9.17, 15) is 13.2 Å². The molecule has 0 aromatic heterocycles. The lowest BCUT2D eigenvalue weighted by Crippen LogP contribution is -2.46. The topological polar surface area (TPSA) is 75.3 Å². The van der Waals surface area contributed by atoms with Crippen molar-refractivity contribution in [3.05, 3.63) is 0 Å². The molecule has 0 aromatic rings. The van der Waals surface area contributed by atoms with Gasteiger partial charge in [0.05, 0.1) is 5.75 Å². The van der Waals surface area contributed by atoms with Crippen molar-refractivity contribution in [1.82, 2.24) is 10.6 Å². The molecule has 0 aliphatic carbocycles. The van der Waals surface area contributed by atoms with E-state index < -0.39 is 9.84 Å². The zero-order chi connectivity index (χ0) is 12.9. The van der Waals surface area contributed by atoms with Gasteiger partial charge in [0.2, 0.25) is 5.91 Å². The van der Waals surface area contributed by atoms with Gasteiger partial charge < -0.3 is 10.6 Å². The number of carbonyl (C=O) groups excluding carboxylic acids is 1. The molecule has 6 heteroatoms. The van der Waals surface area contributed by atoms with Gasteiger partial charge in [-0.15, -0.1) is 0 Å². The molecule has 100 valence electrons. The molecule has 0 saturated carbocycles. The molecule has 0 radical (unpaired) electrons. The first-order chi connectivity index (χ1) is 7.89. The molecule has 1 fully saturated rings. The van der Waals surface area contributed by atoms with Crippen LogP contribution in [0.1, 0.15) is 20.3 Å². The number of hydrogen-bond acceptors (Lipinski definition) is 4. The highest BCUT2D eigenvalue weighted by Crippen LogP contribution is 2.07. The number of nitrogens with one attached hydrogen (secondary N) is 2. The van der Waals surface area contributed by atoms with E-state index in [-0.39, 0.29) is 23.3 Å². The largest absolute Gasteiger partial charge is 0.355 e. The number of sulfone groups is 1. The molecule has 0 atom stereocenters. The SMILES string of the molecule is CC(C)CCNC(=O)CS(=O)(=O)CC1CNC1. The average molecular weight is 262 g/mol. The van der Waals surface area contributed by atoms with Gasteiger partial charge in [-0.05, 0) is 18.3 Å². The summed E-state index contributed by atoms with van der Waals surface area (Å²) < 4.78 is 23.3. The quantitative estimate of drug-likeness (QED) is 0.665. The Bertz CT molecular complexity index is 348. The Morgan fingerprint density at radius 2 is 2.06 bits per heavy atom. The maximum Gasteiger partial charge on any atom is 0.235 e. The number of amides is 1. The Labute approximate surface area is 103 Å². The second kappa shape index (κ2) is 6.35. The summed E-state index contributed by atoms with van der Waals surface area (Å²) in [6.45, 7) is 6.17. The maximum absolute atomic E-state index is 11.7. The number of carbonyl (C=O) groups is 1. The van der Waals surface area contributed by atoms with E-state index in [1.807, 2.05) is 0 Å². The second-order valence-corrected chi connectivity index (χ2v) is 7.22. The molecular weight excluding hydrogens is 240 g/mol. The summed E-state index contributed by atoms with van der Waals surface area (Å²) in [6.07, 6.45) is 0.873. The van der Waals surface area contributed by atoms with E-state index in [0.717, 1.165) is 19.5 Å². The van der Waals surface area contributed by atoms with Crippen LogP contribution >= 0.6 is 0 Å². The minimum Gasteiger partial charge on any atom is -0.355 e. The summed E-state index contributed by atoms with van der Waals surface area (Å²) in [5.74, 6) is 0.0634. The van der Waals surface area contributed by atoms with Crippen LogP contribution in [0.25, 0.3) is 0 Å². The summed E-state index contributed by atoms with van der Waals surface area (Å²) in [5.41, 5.74) is 0. The van der Waals surface area contributed by atoms with Crippen LogP contribution in [0.5, 0.6) is 0 Å². The molecule has 1 amide bonds. The second-order valence-electron chi connectivity index (χ2n) is 5.11. The monoisotopic (exact) mass is 262 g/mol. The fourth-order valence-electron chi connectivity index (χ4n) is 1.64. The predicted octanol–water partition coefficient (Wildman–Crippen LogP) is -0.217. The Kier molecular flexibility index (Phi) is 5.39. The van der Waals surface area contributed by atoms with Crippen LogP contribution in [-0.2, 0) is 14.6 Å². The summed E-state index contributed by atoms with van der Waals surface area (Å²) in [5, 5.41) is 5.66. The summed E-state index contributed by atoms with van der Waals surface area (Å²) in [4.78, 5) is 11.4. The lowest BCUT2D eigenvalue weighted by atomic mass is 10.1. The van der Waals surface area contributed by atoms with Crippen molar-refractivity contribution in [3.63, 3.8) is 0 Å². The molecule has 0 aromatic carbocycles. The van der Waals surface area contributed by atoms with E-state index >= 15 is 0 Å². The molecule has 1 aliphatic heterocycles. The van der Waals surface area contributed by atoms with Crippen LogP contribution in [-0.4, -0.2) is 45.5 Å². The van der Waals surface area contributed by atoms with Gasteiger partial charge in [-0.2, -0.15) is 0 Å². The third kappa shape index (κ3) is 6.02. The fraction of sp³-hybridized carbons (Fsp3) is 0.909. The van der Waals surface area contributed by atoms with Gasteiger partial charge in [0.1, 0.15) is 5.75 Å². The predicted molar refractivity (Wildman–Crippen MR) is 67.5 cm³/mol. The van der Waals surface area contributed by atoms with Gasteiger partial charge >= 0.3 is 0 Å². The van der Waals surface area contributed by atoms with Crippen molar-refractivity contribution in [2.24, 2.45) is 11.8 Å². The highest BCUT2D eigenvalue weighted by molar-refractivity contribution is 7.92. The van der Waals surface area contributed by atoms with Crippen LogP contribution in [0.4, 0.5) is 0 Å². The molecule has 0 spiro atoms. The molecule has 1 aliphatic rings. The molecule has 1 saturated heterocycles. The molecule has 2 N–H and O–H groups in total. The molecule has 1 heterocycles. The Morgan fingerprint density at radius 1 is 1.41 bits per heavy atom. The van der Waals surface area contributed by atoms with Crippen molar-refractivity contribution in [2.75, 3.05) is 31.1 Å². The van der Waals surface area contributed by atoms with Crippen LogP contribution in [0.15, 0.2) is 0 Å². The first-order valence-electron chi connectivity index (χ1n) is 6.07. The summed E-state index contributed by atoms with van der Waals surface area (Å²) >= 11 is 0. The first-order valence-corrected chi connectivity index (χ1v) is 7.89. The Balaban J connectivity index is 2.23.